The predicted octanol–water partition coefficient (Wildman–Crippen LogP) is 9.86. The third-order valence-corrected chi connectivity index (χ3v) is 13.7. The van der Waals surface area contributed by atoms with E-state index in [0.29, 0.717) is 21.6 Å². The van der Waals surface area contributed by atoms with Crippen molar-refractivity contribution in [1.82, 2.24) is 20.2 Å². The molecule has 1 aromatic heterocycles. The van der Waals surface area contributed by atoms with Gasteiger partial charge < -0.3 is 36.4 Å². The average molecular weight is 1250 g/mol. The Hall–Kier alpha value is -1.80. The van der Waals surface area contributed by atoms with Gasteiger partial charge in [-0.15, -0.1) is 32.8 Å². The Morgan fingerprint density at radius 2 is 1.08 bits per heavy atom. The molecule has 6 amide bonds. The van der Waals surface area contributed by atoms with Gasteiger partial charge in [0.15, 0.2) is 0 Å². The van der Waals surface area contributed by atoms with Crippen LogP contribution in [0.5, 0.6) is 0 Å². The SMILES string of the molecule is C.C.C.C.CC(C)(CC(=O)ON1C(=O)CCC1=O)SS.CC(C)(CC[C-]=O)SSc1ccccn1.CC(C)(S)CC(=O)ON1C(=O)CCC1=O.CC([C-]=O)CC(C)C(=O)ON1C(=O)CCC1=O.[NH2-].[NH2-].[Y].[Y]. The summed E-state index contributed by atoms with van der Waals surface area (Å²) < 4.78 is -0.839. The van der Waals surface area contributed by atoms with Crippen LogP contribution in [0.15, 0.2) is 29.4 Å². The number of hydrogen-bond acceptors (Lipinski definition) is 20. The van der Waals surface area contributed by atoms with Crippen molar-refractivity contribution in [3.63, 3.8) is 0 Å². The zero-order valence-electron chi connectivity index (χ0n) is 38.7. The monoisotopic (exact) mass is 1250 g/mol. The minimum absolute atomic E-state index is 0. The first kappa shape index (κ1) is 85.9. The van der Waals surface area contributed by atoms with Crippen LogP contribution in [-0.2, 0) is 133 Å². The van der Waals surface area contributed by atoms with E-state index in [9.17, 15) is 52.7 Å². The van der Waals surface area contributed by atoms with Gasteiger partial charge in [0.05, 0.1) is 18.8 Å². The molecule has 0 spiro atoms. The molecule has 27 heteroatoms. The van der Waals surface area contributed by atoms with Crippen LogP contribution < -0.4 is 0 Å². The smallest absolute Gasteiger partial charge is 0.335 e. The Balaban J connectivity index is -0.000000120. The Morgan fingerprint density at radius 3 is 1.42 bits per heavy atom. The Kier molecular flexibility index (Phi) is 51.3. The van der Waals surface area contributed by atoms with Crippen molar-refractivity contribution in [3.8, 4) is 0 Å². The summed E-state index contributed by atoms with van der Waals surface area (Å²) in [6.07, 6.45) is 7.79. The minimum Gasteiger partial charge on any atom is -0.693 e. The van der Waals surface area contributed by atoms with Gasteiger partial charge in [0, 0.05) is 124 Å². The summed E-state index contributed by atoms with van der Waals surface area (Å²) in [7, 11) is 4.62. The zero-order chi connectivity index (χ0) is 48.1. The van der Waals surface area contributed by atoms with E-state index in [0.717, 1.165) is 11.4 Å². The maximum atomic E-state index is 11.5. The molecule has 1 aromatic rings. The van der Waals surface area contributed by atoms with Gasteiger partial charge in [0.2, 0.25) is 0 Å². The average Bonchev–Trinajstić information content (AvgIpc) is 3.82. The van der Waals surface area contributed by atoms with E-state index in [2.05, 4.69) is 48.0 Å². The van der Waals surface area contributed by atoms with Crippen LogP contribution >= 0.6 is 56.7 Å². The van der Waals surface area contributed by atoms with Crippen molar-refractivity contribution in [3.05, 3.63) is 36.7 Å². The molecule has 20 nitrogen and oxygen atoms in total. The molecule has 2 radical (unpaired) electrons. The molecule has 2 atom stereocenters. The van der Waals surface area contributed by atoms with E-state index in [1.807, 2.05) is 38.3 Å². The number of hydrogen-bond donors (Lipinski definition) is 2. The first-order chi connectivity index (χ1) is 29.2. The molecule has 3 saturated heterocycles. The second kappa shape index (κ2) is 42.4. The molecular formula is C44H74N6O14S5Y2-4. The summed E-state index contributed by atoms with van der Waals surface area (Å²) in [5.41, 5.74) is 0. The molecule has 0 saturated carbocycles. The number of amides is 6. The molecule has 0 bridgehead atoms. The fourth-order valence-corrected chi connectivity index (χ4v) is 7.49. The number of hydroxylamine groups is 6. The van der Waals surface area contributed by atoms with Crippen molar-refractivity contribution >= 4 is 123 Å². The number of nitrogens with two attached hydrogens (primary N) is 2. The second-order valence-corrected chi connectivity index (χ2v) is 21.9. The molecule has 3 fully saturated rings. The van der Waals surface area contributed by atoms with Crippen LogP contribution in [0, 0.1) is 11.8 Å². The van der Waals surface area contributed by atoms with Gasteiger partial charge in [-0.1, -0.05) is 97.9 Å². The van der Waals surface area contributed by atoms with Gasteiger partial charge >= 0.3 is 17.9 Å². The maximum Gasteiger partial charge on any atom is 0.335 e. The van der Waals surface area contributed by atoms with Crippen molar-refractivity contribution in [2.75, 3.05) is 0 Å². The van der Waals surface area contributed by atoms with E-state index in [1.165, 1.54) is 10.8 Å². The molecule has 71 heavy (non-hydrogen) atoms. The maximum absolute atomic E-state index is 11.5. The number of aromatic nitrogens is 1. The number of pyridine rings is 1. The van der Waals surface area contributed by atoms with Crippen molar-refractivity contribution in [1.29, 1.82) is 0 Å². The summed E-state index contributed by atoms with van der Waals surface area (Å²) in [6.45, 7) is 14.6. The molecular weight excluding hydrogens is 1170 g/mol. The van der Waals surface area contributed by atoms with Gasteiger partial charge in [-0.05, 0) is 50.6 Å². The number of rotatable bonds is 18. The third kappa shape index (κ3) is 35.9. The fraction of sp³-hybridized carbons (Fsp3) is 0.636. The van der Waals surface area contributed by atoms with Crippen LogP contribution in [0.4, 0.5) is 0 Å². The molecule has 4 heterocycles. The summed E-state index contributed by atoms with van der Waals surface area (Å²) in [6, 6.07) is 5.86. The quantitative estimate of drug-likeness (QED) is 0.0597. The summed E-state index contributed by atoms with van der Waals surface area (Å²) in [5, 5.41) is 2.61. The van der Waals surface area contributed by atoms with Gasteiger partial charge in [0.1, 0.15) is 5.03 Å². The van der Waals surface area contributed by atoms with Crippen LogP contribution in [0.2, 0.25) is 0 Å². The largest absolute Gasteiger partial charge is 0.693 e. The number of carbonyl (C=O) groups is 9. The fourth-order valence-electron chi connectivity index (χ4n) is 4.78. The number of thiol groups is 2. The molecule has 2 unspecified atom stereocenters. The van der Waals surface area contributed by atoms with Gasteiger partial charge in [-0.2, -0.15) is 19.0 Å². The van der Waals surface area contributed by atoms with E-state index in [4.69, 9.17) is 9.68 Å². The normalized spacial score (nSPS) is 14.4. The van der Waals surface area contributed by atoms with Crippen LogP contribution in [-0.4, -0.2) is 100 Å². The summed E-state index contributed by atoms with van der Waals surface area (Å²) in [4.78, 5) is 140. The topological polar surface area (TPSA) is 305 Å². The van der Waals surface area contributed by atoms with Crippen LogP contribution in [0.25, 0.3) is 12.3 Å². The summed E-state index contributed by atoms with van der Waals surface area (Å²) >= 11 is 8.17. The molecule has 0 aliphatic carbocycles. The van der Waals surface area contributed by atoms with E-state index in [-0.39, 0.29) is 176 Å². The van der Waals surface area contributed by atoms with E-state index < -0.39 is 68.8 Å². The van der Waals surface area contributed by atoms with Crippen molar-refractivity contribution < 1.29 is 133 Å². The Morgan fingerprint density at radius 1 is 0.690 bits per heavy atom. The van der Waals surface area contributed by atoms with Gasteiger partial charge in [-0.25, -0.2) is 19.4 Å². The first-order valence-electron chi connectivity index (χ1n) is 19.5. The second-order valence-electron chi connectivity index (χ2n) is 16.0. The molecule has 3 aliphatic rings. The standard InChI is InChI=1S/C11H14NO5.C11H14NOS2.C9H13NO4S2.C9H13NO4S.4CH4.2H2N.2Y/c1-7(6-13)5-8(2)11(16)17-12-9(14)3-4-10(12)15;1-11(2,7-5-9-13)15-14-10-6-3-4-8-12-10;1-9(2,16-15)5-8(13)14-10-6(11)3-4-7(10)12;1-9(2,15)5-8(13)14-10-6(11)3-4-7(10)12;;;;;;;;/h7-8H,3-5H2,1-2H3;3-4,6,8H,5,7H2,1-2H3;15H,3-5H2,1-2H3;15H,3-5H2,1-2H3;4*1H4;2*1H2;;/q2*-1;;;;;;;2*-1;;. The van der Waals surface area contributed by atoms with Crippen molar-refractivity contribution in [2.45, 2.75) is 175 Å². The van der Waals surface area contributed by atoms with Crippen LogP contribution in [0.1, 0.15) is 156 Å². The number of nitrogens with zero attached hydrogens (tertiary/aromatic N) is 4. The van der Waals surface area contributed by atoms with E-state index >= 15 is 0 Å². The van der Waals surface area contributed by atoms with Crippen molar-refractivity contribution in [2.24, 2.45) is 11.8 Å². The number of carbonyl (C=O) groups excluding carboxylic acids is 11. The molecule has 4 rings (SSSR count). The van der Waals surface area contributed by atoms with Gasteiger partial charge in [0.25, 0.3) is 35.4 Å². The minimum atomic E-state index is -0.685. The van der Waals surface area contributed by atoms with Crippen LogP contribution in [0.3, 0.4) is 0 Å². The third-order valence-electron chi connectivity index (χ3n) is 8.11. The predicted molar refractivity (Wildman–Crippen MR) is 277 cm³/mol. The molecule has 0 aromatic carbocycles. The first-order valence-corrected chi connectivity index (χ1v) is 24.0. The van der Waals surface area contributed by atoms with E-state index in [1.54, 1.807) is 61.8 Å². The van der Waals surface area contributed by atoms with Gasteiger partial charge in [-0.3, -0.25) is 41.3 Å². The zero-order valence-corrected chi connectivity index (χ0v) is 48.6. The summed E-state index contributed by atoms with van der Waals surface area (Å²) in [5.74, 6) is -5.74. The number of imide groups is 3. The molecule has 3 aliphatic heterocycles. The molecule has 4 N–H and O–H groups in total. The Bertz CT molecular complexity index is 1780. The molecule has 404 valence electrons. The Labute approximate surface area is 494 Å².